The third-order valence-corrected chi connectivity index (χ3v) is 3.21. The Morgan fingerprint density at radius 2 is 1.89 bits per heavy atom. The average molecular weight is 265 g/mol. The molecule has 0 spiro atoms. The number of rotatable bonds is 8. The van der Waals surface area contributed by atoms with Gasteiger partial charge in [-0.1, -0.05) is 6.92 Å². The molecule has 0 bridgehead atoms. The Labute approximate surface area is 117 Å². The van der Waals surface area contributed by atoms with Gasteiger partial charge in [-0.3, -0.25) is 0 Å². The molecule has 0 fully saturated rings. The molecule has 1 aromatic rings. The molecule has 0 amide bonds. The smallest absolute Gasteiger partial charge is 0.129 e. The molecule has 0 aliphatic heterocycles. The van der Waals surface area contributed by atoms with Gasteiger partial charge in [0.25, 0.3) is 0 Å². The van der Waals surface area contributed by atoms with Crippen molar-refractivity contribution in [3.63, 3.8) is 0 Å². The maximum atomic E-state index is 9.33. The van der Waals surface area contributed by atoms with E-state index < -0.39 is 0 Å². The highest BCUT2D eigenvalue weighted by Crippen LogP contribution is 2.16. The number of nitrogens with zero attached hydrogens (tertiary/aromatic N) is 3. The number of anilines is 1. The number of aryl methyl sites for hydroxylation is 1. The molecule has 1 heterocycles. The Morgan fingerprint density at radius 3 is 2.42 bits per heavy atom. The largest absolute Gasteiger partial charge is 0.392 e. The highest BCUT2D eigenvalue weighted by atomic mass is 16.3. The minimum Gasteiger partial charge on any atom is -0.392 e. The van der Waals surface area contributed by atoms with Crippen molar-refractivity contribution < 1.29 is 5.11 Å². The predicted molar refractivity (Wildman–Crippen MR) is 80.6 cm³/mol. The first-order valence-corrected chi connectivity index (χ1v) is 7.11. The summed E-state index contributed by atoms with van der Waals surface area (Å²) in [6, 6.07) is 3.98. The lowest BCUT2D eigenvalue weighted by molar-refractivity contribution is 0.281. The first-order valence-electron chi connectivity index (χ1n) is 7.11. The first kappa shape index (κ1) is 15.9. The molecule has 4 heteroatoms. The summed E-state index contributed by atoms with van der Waals surface area (Å²) in [5, 5.41) is 9.33. The van der Waals surface area contributed by atoms with Crippen molar-refractivity contribution in [3.8, 4) is 0 Å². The number of aromatic nitrogens is 1. The van der Waals surface area contributed by atoms with Gasteiger partial charge in [-0.25, -0.2) is 4.98 Å². The van der Waals surface area contributed by atoms with Crippen molar-refractivity contribution in [1.82, 2.24) is 9.88 Å². The zero-order valence-electron chi connectivity index (χ0n) is 12.7. The van der Waals surface area contributed by atoms with Crippen LogP contribution in [0, 0.1) is 0 Å². The minimum atomic E-state index is 0.0811. The van der Waals surface area contributed by atoms with Crippen molar-refractivity contribution >= 4 is 5.82 Å². The number of hydrogen-bond acceptors (Lipinski definition) is 4. The normalized spacial score (nSPS) is 11.1. The van der Waals surface area contributed by atoms with Gasteiger partial charge >= 0.3 is 0 Å². The monoisotopic (exact) mass is 265 g/mol. The summed E-state index contributed by atoms with van der Waals surface area (Å²) < 4.78 is 0. The fourth-order valence-electron chi connectivity index (χ4n) is 2.08. The van der Waals surface area contributed by atoms with Gasteiger partial charge < -0.3 is 14.9 Å². The van der Waals surface area contributed by atoms with Crippen LogP contribution in [0.15, 0.2) is 12.1 Å². The Bertz CT molecular complexity index is 357. The lowest BCUT2D eigenvalue weighted by Crippen LogP contribution is -2.28. The van der Waals surface area contributed by atoms with Crippen molar-refractivity contribution in [2.45, 2.75) is 33.3 Å². The van der Waals surface area contributed by atoms with E-state index in [9.17, 15) is 5.11 Å². The summed E-state index contributed by atoms with van der Waals surface area (Å²) in [4.78, 5) is 9.15. The highest BCUT2D eigenvalue weighted by molar-refractivity contribution is 5.42. The molecule has 4 nitrogen and oxygen atoms in total. The van der Waals surface area contributed by atoms with E-state index in [0.717, 1.165) is 49.6 Å². The summed E-state index contributed by atoms with van der Waals surface area (Å²) in [5.41, 5.74) is 2.00. The van der Waals surface area contributed by atoms with Crippen LogP contribution < -0.4 is 4.90 Å². The van der Waals surface area contributed by atoms with Crippen LogP contribution in [0.1, 0.15) is 31.5 Å². The van der Waals surface area contributed by atoms with Crippen LogP contribution in [0.4, 0.5) is 5.82 Å². The lowest BCUT2D eigenvalue weighted by Gasteiger charge is -2.24. The summed E-state index contributed by atoms with van der Waals surface area (Å²) in [6.07, 6.45) is 2.02. The number of hydrogen-bond donors (Lipinski definition) is 1. The van der Waals surface area contributed by atoms with Crippen molar-refractivity contribution in [2.75, 3.05) is 38.6 Å². The quantitative estimate of drug-likeness (QED) is 0.779. The van der Waals surface area contributed by atoms with E-state index in [1.54, 1.807) is 0 Å². The molecular weight excluding hydrogens is 238 g/mol. The van der Waals surface area contributed by atoms with Gasteiger partial charge in [0.2, 0.25) is 0 Å². The second-order valence-corrected chi connectivity index (χ2v) is 5.07. The van der Waals surface area contributed by atoms with E-state index in [-0.39, 0.29) is 6.61 Å². The zero-order valence-corrected chi connectivity index (χ0v) is 12.7. The summed E-state index contributed by atoms with van der Waals surface area (Å²) >= 11 is 0. The first-order chi connectivity index (χ1) is 9.10. The van der Waals surface area contributed by atoms with Gasteiger partial charge in [0.15, 0.2) is 0 Å². The van der Waals surface area contributed by atoms with Gasteiger partial charge in [-0.05, 0) is 58.1 Å². The molecule has 0 atom stereocenters. The molecule has 0 aliphatic rings. The lowest BCUT2D eigenvalue weighted by atomic mass is 10.2. The molecule has 0 radical (unpaired) electrons. The number of aliphatic hydroxyl groups is 1. The minimum absolute atomic E-state index is 0.0811. The molecule has 0 aliphatic carbocycles. The van der Waals surface area contributed by atoms with Crippen LogP contribution in [-0.2, 0) is 13.0 Å². The topological polar surface area (TPSA) is 39.6 Å². The molecule has 0 unspecified atom stereocenters. The van der Waals surface area contributed by atoms with Gasteiger partial charge in [-0.2, -0.15) is 0 Å². The van der Waals surface area contributed by atoms with Crippen LogP contribution in [-0.4, -0.2) is 48.7 Å². The molecule has 1 rings (SSSR count). The maximum Gasteiger partial charge on any atom is 0.129 e. The molecule has 0 aromatic carbocycles. The van der Waals surface area contributed by atoms with E-state index in [1.165, 1.54) is 0 Å². The molecule has 0 saturated heterocycles. The highest BCUT2D eigenvalue weighted by Gasteiger charge is 2.08. The van der Waals surface area contributed by atoms with Gasteiger partial charge in [-0.15, -0.1) is 0 Å². The third kappa shape index (κ3) is 5.17. The van der Waals surface area contributed by atoms with E-state index in [4.69, 9.17) is 0 Å². The molecule has 0 saturated carbocycles. The molecule has 1 N–H and O–H groups in total. The second kappa shape index (κ2) is 8.12. The molecule has 19 heavy (non-hydrogen) atoms. The van der Waals surface area contributed by atoms with Crippen molar-refractivity contribution in [3.05, 3.63) is 23.4 Å². The van der Waals surface area contributed by atoms with Crippen LogP contribution in [0.5, 0.6) is 0 Å². The van der Waals surface area contributed by atoms with Crippen LogP contribution in [0.2, 0.25) is 0 Å². The molecule has 108 valence electrons. The van der Waals surface area contributed by atoms with Crippen molar-refractivity contribution in [2.24, 2.45) is 0 Å². The number of pyridine rings is 1. The van der Waals surface area contributed by atoms with E-state index in [1.807, 2.05) is 12.1 Å². The van der Waals surface area contributed by atoms with Crippen molar-refractivity contribution in [1.29, 1.82) is 0 Å². The maximum absolute atomic E-state index is 9.33. The van der Waals surface area contributed by atoms with E-state index in [0.29, 0.717) is 0 Å². The molecular formula is C15H27N3O. The fraction of sp³-hybridized carbons (Fsp3) is 0.667. The predicted octanol–water partition coefficient (Wildman–Crippen LogP) is 1.91. The van der Waals surface area contributed by atoms with E-state index in [2.05, 4.69) is 42.7 Å². The fourth-order valence-corrected chi connectivity index (χ4v) is 2.08. The summed E-state index contributed by atoms with van der Waals surface area (Å²) in [6.45, 7) is 7.34. The summed E-state index contributed by atoms with van der Waals surface area (Å²) in [7, 11) is 4.19. The van der Waals surface area contributed by atoms with Gasteiger partial charge in [0, 0.05) is 18.8 Å². The van der Waals surface area contributed by atoms with Gasteiger partial charge in [0.05, 0.1) is 6.61 Å². The van der Waals surface area contributed by atoms with Crippen LogP contribution in [0.3, 0.4) is 0 Å². The second-order valence-electron chi connectivity index (χ2n) is 5.07. The molecule has 1 aromatic heterocycles. The Balaban J connectivity index is 2.78. The number of aliphatic hydroxyl groups excluding tert-OH is 1. The average Bonchev–Trinajstić information content (AvgIpc) is 2.42. The third-order valence-electron chi connectivity index (χ3n) is 3.21. The Kier molecular flexibility index (Phi) is 6.81. The Morgan fingerprint density at radius 1 is 1.16 bits per heavy atom. The standard InChI is InChI=1S/C15H27N3O/c1-5-14-10-13(12-19)11-15(16-14)18(6-2)9-7-8-17(3)4/h10-11,19H,5-9,12H2,1-4H3. The van der Waals surface area contributed by atoms with Crippen LogP contribution >= 0.6 is 0 Å². The zero-order chi connectivity index (χ0) is 14.3. The summed E-state index contributed by atoms with van der Waals surface area (Å²) in [5.74, 6) is 0.990. The van der Waals surface area contributed by atoms with E-state index >= 15 is 0 Å². The van der Waals surface area contributed by atoms with Gasteiger partial charge in [0.1, 0.15) is 5.82 Å². The van der Waals surface area contributed by atoms with Crippen LogP contribution in [0.25, 0.3) is 0 Å². The SMILES string of the molecule is CCc1cc(CO)cc(N(CC)CCCN(C)C)n1. The Hall–Kier alpha value is -1.13.